The van der Waals surface area contributed by atoms with E-state index in [9.17, 15) is 4.79 Å². The van der Waals surface area contributed by atoms with E-state index in [4.69, 9.17) is 10.1 Å². The summed E-state index contributed by atoms with van der Waals surface area (Å²) in [6.45, 7) is 6.87. The van der Waals surface area contributed by atoms with E-state index in [0.717, 1.165) is 67.3 Å². The van der Waals surface area contributed by atoms with Crippen LogP contribution in [0.5, 0.6) is 0 Å². The number of anilines is 1. The van der Waals surface area contributed by atoms with Crippen molar-refractivity contribution in [2.45, 2.75) is 52.0 Å². The Balaban J connectivity index is 1.48. The third-order valence-electron chi connectivity index (χ3n) is 6.06. The van der Waals surface area contributed by atoms with Gasteiger partial charge in [-0.2, -0.15) is 10.2 Å². The molecular formula is C21H27N7O. The number of aromatic nitrogens is 5. The summed E-state index contributed by atoms with van der Waals surface area (Å²) in [6, 6.07) is 3.82. The second-order valence-electron chi connectivity index (χ2n) is 8.26. The fraction of sp³-hybridized carbons (Fsp3) is 0.524. The minimum Gasteiger partial charge on any atom is -0.356 e. The topological polar surface area (TPSA) is 82.4 Å². The van der Waals surface area contributed by atoms with E-state index in [1.807, 2.05) is 28.5 Å². The second-order valence-corrected chi connectivity index (χ2v) is 8.26. The molecule has 1 amide bonds. The zero-order valence-electron chi connectivity index (χ0n) is 17.1. The van der Waals surface area contributed by atoms with E-state index in [1.165, 1.54) is 12.8 Å². The number of amides is 1. The number of aromatic amines is 1. The largest absolute Gasteiger partial charge is 0.356 e. The maximum Gasteiger partial charge on any atom is 0.274 e. The minimum absolute atomic E-state index is 0.0296. The van der Waals surface area contributed by atoms with Crippen LogP contribution in [0.25, 0.3) is 5.65 Å². The summed E-state index contributed by atoms with van der Waals surface area (Å²) in [5.74, 6) is 1.03. The number of carbonyl (C=O) groups excluding carboxylic acids is 1. The smallest absolute Gasteiger partial charge is 0.274 e. The van der Waals surface area contributed by atoms with Crippen molar-refractivity contribution in [3.8, 4) is 0 Å². The average molecular weight is 393 g/mol. The molecule has 8 nitrogen and oxygen atoms in total. The summed E-state index contributed by atoms with van der Waals surface area (Å²) in [6.07, 6.45) is 7.52. The fourth-order valence-corrected chi connectivity index (χ4v) is 4.59. The van der Waals surface area contributed by atoms with Gasteiger partial charge in [0.15, 0.2) is 5.65 Å². The van der Waals surface area contributed by atoms with Gasteiger partial charge in [0, 0.05) is 43.2 Å². The first-order valence-corrected chi connectivity index (χ1v) is 10.5. The Morgan fingerprint density at radius 3 is 2.66 bits per heavy atom. The zero-order chi connectivity index (χ0) is 20.0. The van der Waals surface area contributed by atoms with Crippen LogP contribution < -0.4 is 4.90 Å². The average Bonchev–Trinajstić information content (AvgIpc) is 3.47. The van der Waals surface area contributed by atoms with E-state index >= 15 is 0 Å². The van der Waals surface area contributed by atoms with Crippen molar-refractivity contribution in [3.05, 3.63) is 41.0 Å². The maximum absolute atomic E-state index is 13.1. The van der Waals surface area contributed by atoms with Crippen molar-refractivity contribution in [2.75, 3.05) is 24.5 Å². The lowest BCUT2D eigenvalue weighted by Crippen LogP contribution is -2.38. The predicted octanol–water partition coefficient (Wildman–Crippen LogP) is 3.04. The van der Waals surface area contributed by atoms with Gasteiger partial charge in [-0.25, -0.2) is 9.50 Å². The van der Waals surface area contributed by atoms with Crippen LogP contribution in [-0.4, -0.2) is 55.2 Å². The van der Waals surface area contributed by atoms with Crippen LogP contribution >= 0.6 is 0 Å². The van der Waals surface area contributed by atoms with Gasteiger partial charge in [-0.1, -0.05) is 0 Å². The van der Waals surface area contributed by atoms with Crippen molar-refractivity contribution < 1.29 is 4.79 Å². The van der Waals surface area contributed by atoms with Gasteiger partial charge in [-0.05, 0) is 52.0 Å². The van der Waals surface area contributed by atoms with Crippen molar-refractivity contribution >= 4 is 17.4 Å². The van der Waals surface area contributed by atoms with Gasteiger partial charge in [-0.3, -0.25) is 9.89 Å². The Kier molecular flexibility index (Phi) is 4.49. The molecule has 152 valence electrons. The van der Waals surface area contributed by atoms with Gasteiger partial charge < -0.3 is 9.80 Å². The van der Waals surface area contributed by atoms with Crippen LogP contribution in [0.1, 0.15) is 65.6 Å². The van der Waals surface area contributed by atoms with Crippen molar-refractivity contribution in [1.82, 2.24) is 29.7 Å². The number of aryl methyl sites for hydroxylation is 2. The number of hydrogen-bond donors (Lipinski definition) is 1. The number of carbonyl (C=O) groups is 1. The van der Waals surface area contributed by atoms with Crippen LogP contribution in [0.3, 0.4) is 0 Å². The normalized spacial score (nSPS) is 20.0. The standard InChI is InChI=1S/C21H27N7O/c1-14-13-28-19(22-20(14)26-8-5-6-9-26)12-16(25-28)18-7-3-4-10-27(18)21(29)17-11-15(2)23-24-17/h11-13,18H,3-10H2,1-2H3,(H,23,24)/t18-/m0/s1. The lowest BCUT2D eigenvalue weighted by atomic mass is 9.99. The zero-order valence-corrected chi connectivity index (χ0v) is 17.1. The Hall–Kier alpha value is -2.90. The Bertz CT molecular complexity index is 1050. The van der Waals surface area contributed by atoms with Gasteiger partial charge in [0.1, 0.15) is 11.5 Å². The molecule has 1 atom stereocenters. The lowest BCUT2D eigenvalue weighted by molar-refractivity contribution is 0.0599. The first-order chi connectivity index (χ1) is 14.1. The summed E-state index contributed by atoms with van der Waals surface area (Å²) < 4.78 is 1.86. The fourth-order valence-electron chi connectivity index (χ4n) is 4.59. The quantitative estimate of drug-likeness (QED) is 0.740. The van der Waals surface area contributed by atoms with Crippen LogP contribution in [-0.2, 0) is 0 Å². The summed E-state index contributed by atoms with van der Waals surface area (Å²) in [4.78, 5) is 22.3. The summed E-state index contributed by atoms with van der Waals surface area (Å²) in [5.41, 5.74) is 4.27. The predicted molar refractivity (Wildman–Crippen MR) is 110 cm³/mol. The van der Waals surface area contributed by atoms with Gasteiger partial charge in [0.25, 0.3) is 5.91 Å². The highest BCUT2D eigenvalue weighted by Gasteiger charge is 2.32. The summed E-state index contributed by atoms with van der Waals surface area (Å²) in [7, 11) is 0. The van der Waals surface area contributed by atoms with Crippen LogP contribution in [0, 0.1) is 13.8 Å². The van der Waals surface area contributed by atoms with Gasteiger partial charge in [0.2, 0.25) is 0 Å². The third kappa shape index (κ3) is 3.26. The lowest BCUT2D eigenvalue weighted by Gasteiger charge is -2.34. The third-order valence-corrected chi connectivity index (χ3v) is 6.06. The second kappa shape index (κ2) is 7.17. The molecule has 2 fully saturated rings. The molecule has 29 heavy (non-hydrogen) atoms. The monoisotopic (exact) mass is 393 g/mol. The van der Waals surface area contributed by atoms with E-state index in [1.54, 1.807) is 0 Å². The van der Waals surface area contributed by atoms with Gasteiger partial charge in [-0.15, -0.1) is 0 Å². The molecule has 2 aliphatic rings. The Morgan fingerprint density at radius 2 is 1.90 bits per heavy atom. The van der Waals surface area contributed by atoms with Crippen LogP contribution in [0.2, 0.25) is 0 Å². The first-order valence-electron chi connectivity index (χ1n) is 10.5. The summed E-state index contributed by atoms with van der Waals surface area (Å²) >= 11 is 0. The molecule has 0 aliphatic carbocycles. The Labute approximate surface area is 169 Å². The highest BCUT2D eigenvalue weighted by Crippen LogP contribution is 2.32. The highest BCUT2D eigenvalue weighted by molar-refractivity contribution is 5.92. The molecule has 8 heteroatoms. The number of H-pyrrole nitrogens is 1. The first kappa shape index (κ1) is 18.1. The van der Waals surface area contributed by atoms with Crippen molar-refractivity contribution in [1.29, 1.82) is 0 Å². The SMILES string of the molecule is Cc1cc(C(=O)N2CCCC[C@H]2c2cc3nc(N4CCCC4)c(C)cn3n2)n[nH]1. The number of likely N-dealkylation sites (tertiary alicyclic amines) is 1. The molecule has 3 aromatic heterocycles. The molecule has 5 rings (SSSR count). The molecule has 0 unspecified atom stereocenters. The molecule has 0 aromatic carbocycles. The summed E-state index contributed by atoms with van der Waals surface area (Å²) in [5, 5.41) is 11.9. The number of fused-ring (bicyclic) bond motifs is 1. The molecule has 0 spiro atoms. The minimum atomic E-state index is -0.0366. The Morgan fingerprint density at radius 1 is 1.10 bits per heavy atom. The van der Waals surface area contributed by atoms with Gasteiger partial charge >= 0.3 is 0 Å². The van der Waals surface area contributed by atoms with Crippen molar-refractivity contribution in [2.24, 2.45) is 0 Å². The molecule has 1 N–H and O–H groups in total. The number of nitrogens with one attached hydrogen (secondary N) is 1. The maximum atomic E-state index is 13.1. The van der Waals surface area contributed by atoms with Crippen LogP contribution in [0.15, 0.2) is 18.3 Å². The molecule has 2 aliphatic heterocycles. The molecule has 3 aromatic rings. The number of nitrogens with zero attached hydrogens (tertiary/aromatic N) is 6. The highest BCUT2D eigenvalue weighted by atomic mass is 16.2. The van der Waals surface area contributed by atoms with Crippen LogP contribution in [0.4, 0.5) is 5.82 Å². The number of rotatable bonds is 3. The molecule has 0 saturated carbocycles. The van der Waals surface area contributed by atoms with Gasteiger partial charge in [0.05, 0.1) is 11.7 Å². The molecule has 5 heterocycles. The molecule has 0 bridgehead atoms. The number of hydrogen-bond acceptors (Lipinski definition) is 5. The molecule has 2 saturated heterocycles. The number of piperidine rings is 1. The van der Waals surface area contributed by atoms with E-state index in [-0.39, 0.29) is 11.9 Å². The van der Waals surface area contributed by atoms with Crippen molar-refractivity contribution in [3.63, 3.8) is 0 Å². The van der Waals surface area contributed by atoms with E-state index in [2.05, 4.69) is 28.2 Å². The molecule has 0 radical (unpaired) electrons. The molecular weight excluding hydrogens is 366 g/mol. The van der Waals surface area contributed by atoms with E-state index in [0.29, 0.717) is 5.69 Å². The van der Waals surface area contributed by atoms with E-state index < -0.39 is 0 Å².